The first kappa shape index (κ1) is 17.0. The summed E-state index contributed by atoms with van der Waals surface area (Å²) >= 11 is 0. The molecule has 0 heterocycles. The number of methoxy groups -OCH3 is 1. The molecule has 0 bridgehead atoms. The Bertz CT molecular complexity index is 777. The minimum absolute atomic E-state index is 0.286. The Labute approximate surface area is 136 Å². The van der Waals surface area contributed by atoms with Gasteiger partial charge in [0.05, 0.1) is 24.0 Å². The van der Waals surface area contributed by atoms with E-state index in [2.05, 4.69) is 4.74 Å². The Morgan fingerprint density at radius 1 is 1.17 bits per heavy atom. The first-order valence-electron chi connectivity index (χ1n) is 6.90. The number of hydrogen-bond donors (Lipinski definition) is 2. The highest BCUT2D eigenvalue weighted by Crippen LogP contribution is 2.30. The highest BCUT2D eigenvalue weighted by molar-refractivity contribution is 7.74. The van der Waals surface area contributed by atoms with Crippen molar-refractivity contribution in [1.29, 1.82) is 0 Å². The van der Waals surface area contributed by atoms with Gasteiger partial charge in [-0.2, -0.15) is 0 Å². The van der Waals surface area contributed by atoms with Crippen LogP contribution in [0.2, 0.25) is 0 Å². The first-order chi connectivity index (χ1) is 11.0. The number of thiol groups is 1. The van der Waals surface area contributed by atoms with Crippen LogP contribution in [0.1, 0.15) is 21.5 Å². The lowest BCUT2D eigenvalue weighted by molar-refractivity contribution is 0.0600. The highest BCUT2D eigenvalue weighted by atomic mass is 32.2. The summed E-state index contributed by atoms with van der Waals surface area (Å²) in [5.41, 5.74) is 8.34. The van der Waals surface area contributed by atoms with Gasteiger partial charge < -0.3 is 10.5 Å². The Morgan fingerprint density at radius 3 is 2.35 bits per heavy atom. The third-order valence-electron chi connectivity index (χ3n) is 3.44. The number of esters is 1. The molecule has 2 aromatic rings. The predicted molar refractivity (Wildman–Crippen MR) is 89.3 cm³/mol. The van der Waals surface area contributed by atoms with Crippen LogP contribution in [-0.4, -0.2) is 21.5 Å². The number of ether oxygens (including phenoxy) is 1. The van der Waals surface area contributed by atoms with E-state index < -0.39 is 16.9 Å². The van der Waals surface area contributed by atoms with Crippen LogP contribution in [-0.2, 0) is 22.2 Å². The van der Waals surface area contributed by atoms with Gasteiger partial charge >= 0.3 is 5.97 Å². The average Bonchev–Trinajstić information content (AvgIpc) is 2.56. The molecular formula is C16H18N2O4S. The number of hydrogen-bond acceptors (Lipinski definition) is 5. The van der Waals surface area contributed by atoms with Crippen LogP contribution in [0.5, 0.6) is 0 Å². The molecule has 2 aromatic carbocycles. The van der Waals surface area contributed by atoms with Crippen LogP contribution in [0, 0.1) is 6.92 Å². The molecule has 0 saturated carbocycles. The molecule has 0 aliphatic rings. The van der Waals surface area contributed by atoms with Crippen molar-refractivity contribution in [3.63, 3.8) is 0 Å². The van der Waals surface area contributed by atoms with Gasteiger partial charge in [-0.1, -0.05) is 18.2 Å². The Morgan fingerprint density at radius 2 is 1.83 bits per heavy atom. The van der Waals surface area contributed by atoms with Gasteiger partial charge in [0.15, 0.2) is 0 Å². The zero-order chi connectivity index (χ0) is 17.0. The maximum Gasteiger partial charge on any atom is 0.337 e. The molecule has 2 rings (SSSR count). The van der Waals surface area contributed by atoms with E-state index in [1.807, 2.05) is 0 Å². The largest absolute Gasteiger partial charge is 0.465 e. The monoisotopic (exact) mass is 334 g/mol. The van der Waals surface area contributed by atoms with Crippen molar-refractivity contribution in [3.05, 3.63) is 59.2 Å². The molecule has 0 fully saturated rings. The SMILES string of the molecule is COC(=O)c1ccc(C)c(N(c2ccc(CN)cc2)[SH](=O)=O)c1. The fraction of sp³-hybridized carbons (Fsp3) is 0.188. The Kier molecular flexibility index (Phi) is 5.36. The van der Waals surface area contributed by atoms with Crippen LogP contribution in [0.3, 0.4) is 0 Å². The second-order valence-electron chi connectivity index (χ2n) is 4.91. The van der Waals surface area contributed by atoms with Crippen LogP contribution in [0.4, 0.5) is 11.4 Å². The number of nitrogens with two attached hydrogens (primary N) is 1. The van der Waals surface area contributed by atoms with Gasteiger partial charge in [-0.05, 0) is 42.3 Å². The number of carbonyl (C=O) groups excluding carboxylic acids is 1. The van der Waals surface area contributed by atoms with E-state index in [0.717, 1.165) is 15.4 Å². The van der Waals surface area contributed by atoms with Gasteiger partial charge in [0.25, 0.3) is 0 Å². The summed E-state index contributed by atoms with van der Waals surface area (Å²) in [7, 11) is -1.66. The lowest BCUT2D eigenvalue weighted by atomic mass is 10.1. The van der Waals surface area contributed by atoms with Gasteiger partial charge in [-0.3, -0.25) is 0 Å². The minimum atomic E-state index is -2.93. The van der Waals surface area contributed by atoms with Crippen molar-refractivity contribution < 1.29 is 17.9 Å². The predicted octanol–water partition coefficient (Wildman–Crippen LogP) is 1.90. The van der Waals surface area contributed by atoms with Crippen LogP contribution in [0.25, 0.3) is 0 Å². The second kappa shape index (κ2) is 7.26. The normalized spacial score (nSPS) is 10.6. The number of benzene rings is 2. The summed E-state index contributed by atoms with van der Waals surface area (Å²) in [6.45, 7) is 2.15. The molecule has 0 aliphatic carbocycles. The summed E-state index contributed by atoms with van der Waals surface area (Å²) in [6, 6.07) is 11.7. The third-order valence-corrected chi connectivity index (χ3v) is 4.21. The summed E-state index contributed by atoms with van der Waals surface area (Å²) in [5.74, 6) is -0.522. The van der Waals surface area contributed by atoms with E-state index in [9.17, 15) is 13.2 Å². The molecule has 0 aliphatic heterocycles. The lowest BCUT2D eigenvalue weighted by Crippen LogP contribution is -2.16. The van der Waals surface area contributed by atoms with Gasteiger partial charge in [0.1, 0.15) is 0 Å². The molecule has 122 valence electrons. The lowest BCUT2D eigenvalue weighted by Gasteiger charge is -2.20. The highest BCUT2D eigenvalue weighted by Gasteiger charge is 2.17. The molecule has 0 radical (unpaired) electrons. The molecule has 23 heavy (non-hydrogen) atoms. The van der Waals surface area contributed by atoms with Crippen molar-refractivity contribution >= 4 is 28.2 Å². The third kappa shape index (κ3) is 3.69. The number of rotatable bonds is 5. The first-order valence-corrected chi connectivity index (χ1v) is 8.03. The molecule has 0 saturated heterocycles. The molecular weight excluding hydrogens is 316 g/mol. The van der Waals surface area contributed by atoms with Crippen molar-refractivity contribution in [1.82, 2.24) is 0 Å². The summed E-state index contributed by atoms with van der Waals surface area (Å²) in [5, 5.41) is 0. The van der Waals surface area contributed by atoms with Gasteiger partial charge in [-0.25, -0.2) is 17.5 Å². The summed E-state index contributed by atoms with van der Waals surface area (Å²) < 4.78 is 29.4. The summed E-state index contributed by atoms with van der Waals surface area (Å²) in [4.78, 5) is 11.7. The maximum absolute atomic E-state index is 11.8. The fourth-order valence-corrected chi connectivity index (χ4v) is 2.89. The van der Waals surface area contributed by atoms with Gasteiger partial charge in [-0.15, -0.1) is 0 Å². The van der Waals surface area contributed by atoms with Crippen molar-refractivity contribution in [2.75, 3.05) is 11.4 Å². The average molecular weight is 334 g/mol. The zero-order valence-corrected chi connectivity index (χ0v) is 13.7. The van der Waals surface area contributed by atoms with Crippen molar-refractivity contribution in [2.24, 2.45) is 5.73 Å². The standard InChI is InChI=1S/C16H18N2O4S/c1-11-3-6-13(16(19)22-2)9-15(11)18(23(20)21)14-7-4-12(10-17)5-8-14/h3-9,23H,10,17H2,1-2H3. The number of carbonyl (C=O) groups is 1. The molecule has 0 amide bonds. The molecule has 0 unspecified atom stereocenters. The topological polar surface area (TPSA) is 89.7 Å². The second-order valence-corrected chi connectivity index (χ2v) is 5.79. The Balaban J connectivity index is 2.54. The minimum Gasteiger partial charge on any atom is -0.465 e. The van der Waals surface area contributed by atoms with E-state index in [1.54, 1.807) is 43.3 Å². The number of anilines is 2. The van der Waals surface area contributed by atoms with Crippen LogP contribution in [0.15, 0.2) is 42.5 Å². The summed E-state index contributed by atoms with van der Waals surface area (Å²) in [6.07, 6.45) is 0. The fourth-order valence-electron chi connectivity index (χ4n) is 2.18. The van der Waals surface area contributed by atoms with E-state index in [-0.39, 0.29) is 5.56 Å². The van der Waals surface area contributed by atoms with Gasteiger partial charge in [0.2, 0.25) is 10.9 Å². The molecule has 0 atom stereocenters. The van der Waals surface area contributed by atoms with Crippen LogP contribution < -0.4 is 10.0 Å². The van der Waals surface area contributed by atoms with E-state index >= 15 is 0 Å². The molecule has 6 nitrogen and oxygen atoms in total. The Hall–Kier alpha value is -2.38. The van der Waals surface area contributed by atoms with Gasteiger partial charge in [0, 0.05) is 6.54 Å². The number of aryl methyl sites for hydroxylation is 1. The quantitative estimate of drug-likeness (QED) is 0.644. The van der Waals surface area contributed by atoms with E-state index in [1.165, 1.54) is 13.2 Å². The van der Waals surface area contributed by atoms with E-state index in [4.69, 9.17) is 5.73 Å². The van der Waals surface area contributed by atoms with Crippen LogP contribution >= 0.6 is 0 Å². The molecule has 2 N–H and O–H groups in total. The zero-order valence-electron chi connectivity index (χ0n) is 12.9. The van der Waals surface area contributed by atoms with E-state index in [0.29, 0.717) is 17.9 Å². The maximum atomic E-state index is 11.8. The smallest absolute Gasteiger partial charge is 0.337 e. The molecule has 7 heteroatoms. The number of nitrogens with zero attached hydrogens (tertiary/aromatic N) is 1. The molecule has 0 aromatic heterocycles. The van der Waals surface area contributed by atoms with Crippen molar-refractivity contribution in [2.45, 2.75) is 13.5 Å². The molecule has 0 spiro atoms. The van der Waals surface area contributed by atoms with Crippen molar-refractivity contribution in [3.8, 4) is 0 Å².